The summed E-state index contributed by atoms with van der Waals surface area (Å²) >= 11 is 0. The number of aliphatic hydroxyl groups excluding tert-OH is 2. The zero-order chi connectivity index (χ0) is 13.7. The minimum Gasteiger partial charge on any atom is -0.396 e. The third-order valence-electron chi connectivity index (χ3n) is 3.29. The first-order chi connectivity index (χ1) is 9.26. The lowest BCUT2D eigenvalue weighted by atomic mass is 10.1. The largest absolute Gasteiger partial charge is 0.396 e. The average molecular weight is 259 g/mol. The third kappa shape index (κ3) is 3.14. The van der Waals surface area contributed by atoms with Gasteiger partial charge in [0.15, 0.2) is 0 Å². The summed E-state index contributed by atoms with van der Waals surface area (Å²) in [5, 5.41) is 17.9. The Kier molecular flexibility index (Phi) is 4.56. The first-order valence-corrected chi connectivity index (χ1v) is 6.35. The molecule has 2 N–H and O–H groups in total. The van der Waals surface area contributed by atoms with Crippen molar-refractivity contribution in [3.8, 4) is 11.8 Å². The van der Waals surface area contributed by atoms with Gasteiger partial charge in [0.2, 0.25) is 0 Å². The smallest absolute Gasteiger partial charge is 0.255 e. The molecule has 0 radical (unpaired) electrons. The molecule has 1 aromatic rings. The fraction of sp³-hybridized carbons (Fsp3) is 0.400. The molecule has 0 spiro atoms. The van der Waals surface area contributed by atoms with Gasteiger partial charge in [-0.2, -0.15) is 0 Å². The van der Waals surface area contributed by atoms with Crippen LogP contribution in [0.5, 0.6) is 0 Å². The maximum atomic E-state index is 12.4. The van der Waals surface area contributed by atoms with Gasteiger partial charge in [0.05, 0.1) is 5.56 Å². The van der Waals surface area contributed by atoms with Gasteiger partial charge in [-0.1, -0.05) is 24.0 Å². The Bertz CT molecular complexity index is 516. The van der Waals surface area contributed by atoms with Crippen LogP contribution < -0.4 is 0 Å². The molecular formula is C15H17NO3. The van der Waals surface area contributed by atoms with E-state index in [9.17, 15) is 4.79 Å². The molecular weight excluding hydrogens is 242 g/mol. The van der Waals surface area contributed by atoms with Gasteiger partial charge in [-0.05, 0) is 18.6 Å². The van der Waals surface area contributed by atoms with Gasteiger partial charge in [0.1, 0.15) is 6.61 Å². The summed E-state index contributed by atoms with van der Waals surface area (Å²) in [6, 6.07) is 7.14. The van der Waals surface area contributed by atoms with Crippen LogP contribution in [0.1, 0.15) is 22.3 Å². The number of carbonyl (C=O) groups is 1. The predicted octanol–water partition coefficient (Wildman–Crippen LogP) is 0.485. The van der Waals surface area contributed by atoms with E-state index in [1.165, 1.54) is 0 Å². The highest BCUT2D eigenvalue weighted by Crippen LogP contribution is 2.19. The molecule has 4 nitrogen and oxygen atoms in total. The van der Waals surface area contributed by atoms with Crippen LogP contribution in [-0.2, 0) is 0 Å². The number of hydrogen-bond donors (Lipinski definition) is 2. The van der Waals surface area contributed by atoms with E-state index in [1.54, 1.807) is 23.1 Å². The van der Waals surface area contributed by atoms with E-state index in [1.807, 2.05) is 6.07 Å². The molecule has 0 aliphatic carbocycles. The molecule has 1 heterocycles. The molecule has 1 unspecified atom stereocenters. The van der Waals surface area contributed by atoms with E-state index < -0.39 is 0 Å². The van der Waals surface area contributed by atoms with Crippen molar-refractivity contribution < 1.29 is 15.0 Å². The van der Waals surface area contributed by atoms with Crippen LogP contribution in [0.2, 0.25) is 0 Å². The summed E-state index contributed by atoms with van der Waals surface area (Å²) in [5.41, 5.74) is 1.19. The molecule has 100 valence electrons. The van der Waals surface area contributed by atoms with Crippen LogP contribution in [-0.4, -0.2) is 47.3 Å². The summed E-state index contributed by atoms with van der Waals surface area (Å²) < 4.78 is 0. The lowest BCUT2D eigenvalue weighted by molar-refractivity contribution is 0.0781. The number of carbonyl (C=O) groups excluding carboxylic acids is 1. The molecule has 1 aliphatic rings. The highest BCUT2D eigenvalue weighted by molar-refractivity contribution is 5.96. The van der Waals surface area contributed by atoms with Crippen LogP contribution in [0.25, 0.3) is 0 Å². The Morgan fingerprint density at radius 3 is 2.84 bits per heavy atom. The standard InChI is InChI=1S/C15H17NO3/c17-9-3-5-13-4-1-2-6-14(13)15(19)16-8-7-12(10-16)11-18/h1-2,4,6,12,17-18H,7-11H2. The zero-order valence-electron chi connectivity index (χ0n) is 10.7. The van der Waals surface area contributed by atoms with E-state index in [0.717, 1.165) is 6.42 Å². The number of amides is 1. The second kappa shape index (κ2) is 6.37. The Labute approximate surface area is 112 Å². The number of likely N-dealkylation sites (tertiary alicyclic amines) is 1. The van der Waals surface area contributed by atoms with Gasteiger partial charge in [-0.3, -0.25) is 4.79 Å². The maximum absolute atomic E-state index is 12.4. The first-order valence-electron chi connectivity index (χ1n) is 6.35. The molecule has 1 aromatic carbocycles. The predicted molar refractivity (Wildman–Crippen MR) is 71.5 cm³/mol. The Hall–Kier alpha value is -1.83. The molecule has 1 saturated heterocycles. The normalized spacial score (nSPS) is 18.0. The van der Waals surface area contributed by atoms with Crippen LogP contribution >= 0.6 is 0 Å². The Morgan fingerprint density at radius 2 is 2.16 bits per heavy atom. The van der Waals surface area contributed by atoms with Gasteiger partial charge in [-0.25, -0.2) is 0 Å². The summed E-state index contributed by atoms with van der Waals surface area (Å²) in [5.74, 6) is 5.48. The highest BCUT2D eigenvalue weighted by atomic mass is 16.3. The summed E-state index contributed by atoms with van der Waals surface area (Å²) in [6.07, 6.45) is 0.840. The molecule has 0 aromatic heterocycles. The first kappa shape index (κ1) is 13.6. The lowest BCUT2D eigenvalue weighted by Crippen LogP contribution is -2.29. The molecule has 0 bridgehead atoms. The topological polar surface area (TPSA) is 60.8 Å². The van der Waals surface area contributed by atoms with Crippen molar-refractivity contribution in [1.29, 1.82) is 0 Å². The van der Waals surface area contributed by atoms with Gasteiger partial charge < -0.3 is 15.1 Å². The number of aliphatic hydroxyl groups is 2. The van der Waals surface area contributed by atoms with E-state index in [4.69, 9.17) is 10.2 Å². The number of benzene rings is 1. The molecule has 1 atom stereocenters. The third-order valence-corrected chi connectivity index (χ3v) is 3.29. The Balaban J connectivity index is 2.20. The number of hydrogen-bond acceptors (Lipinski definition) is 3. The van der Waals surface area contributed by atoms with Gasteiger partial charge in [0.25, 0.3) is 5.91 Å². The monoisotopic (exact) mass is 259 g/mol. The lowest BCUT2D eigenvalue weighted by Gasteiger charge is -2.17. The number of rotatable bonds is 2. The minimum atomic E-state index is -0.223. The van der Waals surface area contributed by atoms with Crippen LogP contribution in [0.3, 0.4) is 0 Å². The van der Waals surface area contributed by atoms with Crippen molar-refractivity contribution in [2.75, 3.05) is 26.3 Å². The Morgan fingerprint density at radius 1 is 1.37 bits per heavy atom. The van der Waals surface area contributed by atoms with Crippen molar-refractivity contribution >= 4 is 5.91 Å². The molecule has 4 heteroatoms. The van der Waals surface area contributed by atoms with Crippen molar-refractivity contribution in [2.45, 2.75) is 6.42 Å². The van der Waals surface area contributed by atoms with Gasteiger partial charge >= 0.3 is 0 Å². The maximum Gasteiger partial charge on any atom is 0.255 e. The van der Waals surface area contributed by atoms with E-state index in [0.29, 0.717) is 24.2 Å². The SMILES string of the molecule is O=C(c1ccccc1C#CCO)N1CCC(CO)C1. The average Bonchev–Trinajstić information content (AvgIpc) is 2.93. The van der Waals surface area contributed by atoms with E-state index in [-0.39, 0.29) is 25.0 Å². The zero-order valence-corrected chi connectivity index (χ0v) is 10.7. The molecule has 1 fully saturated rings. The second-order valence-corrected chi connectivity index (χ2v) is 4.59. The van der Waals surface area contributed by atoms with E-state index in [2.05, 4.69) is 11.8 Å². The van der Waals surface area contributed by atoms with Crippen LogP contribution in [0.4, 0.5) is 0 Å². The van der Waals surface area contributed by atoms with Gasteiger partial charge in [0, 0.05) is 31.2 Å². The van der Waals surface area contributed by atoms with Crippen molar-refractivity contribution in [1.82, 2.24) is 4.90 Å². The summed E-state index contributed by atoms with van der Waals surface area (Å²) in [4.78, 5) is 14.2. The van der Waals surface area contributed by atoms with Crippen LogP contribution in [0.15, 0.2) is 24.3 Å². The minimum absolute atomic E-state index is 0.0567. The van der Waals surface area contributed by atoms with Crippen LogP contribution in [0, 0.1) is 17.8 Å². The summed E-state index contributed by atoms with van der Waals surface area (Å²) in [7, 11) is 0. The molecule has 1 aliphatic heterocycles. The number of nitrogens with zero attached hydrogens (tertiary/aromatic N) is 1. The quantitative estimate of drug-likeness (QED) is 0.760. The summed E-state index contributed by atoms with van der Waals surface area (Å²) in [6.45, 7) is 1.16. The fourth-order valence-corrected chi connectivity index (χ4v) is 2.25. The van der Waals surface area contributed by atoms with Gasteiger partial charge in [-0.15, -0.1) is 0 Å². The molecule has 0 saturated carbocycles. The molecule has 1 amide bonds. The second-order valence-electron chi connectivity index (χ2n) is 4.59. The van der Waals surface area contributed by atoms with E-state index >= 15 is 0 Å². The fourth-order valence-electron chi connectivity index (χ4n) is 2.25. The highest BCUT2D eigenvalue weighted by Gasteiger charge is 2.27. The van der Waals surface area contributed by atoms with Crippen molar-refractivity contribution in [3.05, 3.63) is 35.4 Å². The molecule has 19 heavy (non-hydrogen) atoms. The van der Waals surface area contributed by atoms with Crippen molar-refractivity contribution in [3.63, 3.8) is 0 Å². The molecule has 2 rings (SSSR count). The van der Waals surface area contributed by atoms with Crippen molar-refractivity contribution in [2.24, 2.45) is 5.92 Å².